The maximum atomic E-state index is 12.7. The third kappa shape index (κ3) is 7.89. The fourth-order valence-corrected chi connectivity index (χ4v) is 2.88. The SMILES string of the molecule is COC(=O)[C@H](Cc1ccc([N+](=O)[O-])cc1)NC(=O)[C@@H](NC(=O)OCc1ccccc1)[C@@H](C)O. The van der Waals surface area contributed by atoms with Gasteiger partial charge in [0, 0.05) is 18.6 Å². The molecule has 0 unspecified atom stereocenters. The number of esters is 1. The number of non-ortho nitro benzene ring substituents is 1. The van der Waals surface area contributed by atoms with Gasteiger partial charge in [0.25, 0.3) is 5.69 Å². The Labute approximate surface area is 189 Å². The number of methoxy groups -OCH3 is 1. The van der Waals surface area contributed by atoms with Gasteiger partial charge in [-0.2, -0.15) is 0 Å². The van der Waals surface area contributed by atoms with Crippen LogP contribution in [0.4, 0.5) is 10.5 Å². The number of aliphatic hydroxyl groups excluding tert-OH is 1. The second-order valence-corrected chi connectivity index (χ2v) is 7.14. The third-order valence-electron chi connectivity index (χ3n) is 4.64. The number of rotatable bonds is 10. The molecule has 0 radical (unpaired) electrons. The molecule has 2 aromatic carbocycles. The first kappa shape index (κ1) is 25.3. The van der Waals surface area contributed by atoms with E-state index < -0.39 is 41.1 Å². The highest BCUT2D eigenvalue weighted by Crippen LogP contribution is 2.14. The van der Waals surface area contributed by atoms with Crippen LogP contribution in [-0.4, -0.2) is 53.3 Å². The van der Waals surface area contributed by atoms with E-state index in [1.54, 1.807) is 24.3 Å². The Bertz CT molecular complexity index is 963. The zero-order valence-corrected chi connectivity index (χ0v) is 18.1. The van der Waals surface area contributed by atoms with Crippen LogP contribution in [0.1, 0.15) is 18.1 Å². The van der Waals surface area contributed by atoms with Crippen LogP contribution in [0.3, 0.4) is 0 Å². The topological polar surface area (TPSA) is 157 Å². The molecule has 11 nitrogen and oxygen atoms in total. The summed E-state index contributed by atoms with van der Waals surface area (Å²) in [6, 6.07) is 11.8. The maximum Gasteiger partial charge on any atom is 0.408 e. The summed E-state index contributed by atoms with van der Waals surface area (Å²) in [4.78, 5) is 47.3. The van der Waals surface area contributed by atoms with E-state index in [0.29, 0.717) is 5.56 Å². The molecule has 176 valence electrons. The number of carbonyl (C=O) groups is 3. The Morgan fingerprint density at radius 3 is 2.21 bits per heavy atom. The summed E-state index contributed by atoms with van der Waals surface area (Å²) in [6.45, 7) is 1.26. The van der Waals surface area contributed by atoms with E-state index in [1.165, 1.54) is 31.2 Å². The molecule has 0 aliphatic heterocycles. The van der Waals surface area contributed by atoms with Crippen LogP contribution >= 0.6 is 0 Å². The first-order valence-corrected chi connectivity index (χ1v) is 9.98. The molecule has 0 fully saturated rings. The van der Waals surface area contributed by atoms with Crippen LogP contribution in [0.2, 0.25) is 0 Å². The van der Waals surface area contributed by atoms with Crippen molar-refractivity contribution in [1.29, 1.82) is 0 Å². The first-order valence-electron chi connectivity index (χ1n) is 9.98. The van der Waals surface area contributed by atoms with Gasteiger partial charge in [-0.05, 0) is 18.1 Å². The van der Waals surface area contributed by atoms with Crippen molar-refractivity contribution >= 4 is 23.7 Å². The van der Waals surface area contributed by atoms with E-state index >= 15 is 0 Å². The summed E-state index contributed by atoms with van der Waals surface area (Å²) in [7, 11) is 1.14. The average Bonchev–Trinajstić information content (AvgIpc) is 2.80. The van der Waals surface area contributed by atoms with Gasteiger partial charge in [0.1, 0.15) is 18.7 Å². The molecule has 2 aromatic rings. The molecule has 0 bridgehead atoms. The summed E-state index contributed by atoms with van der Waals surface area (Å²) in [5, 5.41) is 25.5. The predicted molar refractivity (Wildman–Crippen MR) is 116 cm³/mol. The number of amides is 2. The number of benzene rings is 2. The molecule has 0 saturated heterocycles. The minimum absolute atomic E-state index is 0.0264. The Kier molecular flexibility index (Phi) is 9.30. The molecule has 3 atom stereocenters. The zero-order chi connectivity index (χ0) is 24.4. The molecular formula is C22H25N3O8. The summed E-state index contributed by atoms with van der Waals surface area (Å²) in [6.07, 6.45) is -2.25. The Hall–Kier alpha value is -3.99. The molecule has 0 aromatic heterocycles. The number of hydrogen-bond acceptors (Lipinski definition) is 8. The van der Waals surface area contributed by atoms with Crippen molar-refractivity contribution in [3.63, 3.8) is 0 Å². The maximum absolute atomic E-state index is 12.7. The Morgan fingerprint density at radius 1 is 1.03 bits per heavy atom. The first-order chi connectivity index (χ1) is 15.7. The molecule has 33 heavy (non-hydrogen) atoms. The molecule has 3 N–H and O–H groups in total. The fraction of sp³-hybridized carbons (Fsp3) is 0.318. The van der Waals surface area contributed by atoms with Crippen LogP contribution in [0, 0.1) is 10.1 Å². The number of nitrogens with one attached hydrogen (secondary N) is 2. The summed E-state index contributed by atoms with van der Waals surface area (Å²) in [5.41, 5.74) is 1.14. The van der Waals surface area contributed by atoms with Gasteiger partial charge in [-0.3, -0.25) is 14.9 Å². The van der Waals surface area contributed by atoms with Crippen LogP contribution < -0.4 is 10.6 Å². The van der Waals surface area contributed by atoms with Gasteiger partial charge in [0.05, 0.1) is 18.1 Å². The smallest absolute Gasteiger partial charge is 0.408 e. The third-order valence-corrected chi connectivity index (χ3v) is 4.64. The number of carbonyl (C=O) groups excluding carboxylic acids is 3. The number of aliphatic hydroxyl groups is 1. The highest BCUT2D eigenvalue weighted by atomic mass is 16.6. The highest BCUT2D eigenvalue weighted by Gasteiger charge is 2.31. The molecule has 2 rings (SSSR count). The molecule has 0 saturated carbocycles. The monoisotopic (exact) mass is 459 g/mol. The van der Waals surface area contributed by atoms with Crippen molar-refractivity contribution < 1.29 is 33.9 Å². The second kappa shape index (κ2) is 12.2. The number of hydrogen-bond donors (Lipinski definition) is 3. The van der Waals surface area contributed by atoms with E-state index in [1.807, 2.05) is 6.07 Å². The molecule has 0 aliphatic carbocycles. The molecule has 0 heterocycles. The van der Waals surface area contributed by atoms with Gasteiger partial charge in [-0.15, -0.1) is 0 Å². The lowest BCUT2D eigenvalue weighted by atomic mass is 10.0. The van der Waals surface area contributed by atoms with Crippen molar-refractivity contribution in [1.82, 2.24) is 10.6 Å². The second-order valence-electron chi connectivity index (χ2n) is 7.14. The lowest BCUT2D eigenvalue weighted by molar-refractivity contribution is -0.384. The van der Waals surface area contributed by atoms with E-state index in [-0.39, 0.29) is 18.7 Å². The standard InChI is InChI=1S/C22H25N3O8/c1-14(26)19(24-22(29)33-13-16-6-4-3-5-7-16)20(27)23-18(21(28)32-2)12-15-8-10-17(11-9-15)25(30)31/h3-11,14,18-19,26H,12-13H2,1-2H3,(H,23,27)(H,24,29)/t14-,18+,19+/m1/s1. The number of nitro groups is 1. The summed E-state index contributed by atoms with van der Waals surface area (Å²) < 4.78 is 9.79. The van der Waals surface area contributed by atoms with Crippen molar-refractivity contribution in [3.05, 3.63) is 75.8 Å². The van der Waals surface area contributed by atoms with Crippen molar-refractivity contribution in [2.45, 2.75) is 38.1 Å². The Balaban J connectivity index is 2.03. The largest absolute Gasteiger partial charge is 0.467 e. The minimum atomic E-state index is -1.41. The predicted octanol–water partition coefficient (Wildman–Crippen LogP) is 1.47. The Morgan fingerprint density at radius 2 is 1.67 bits per heavy atom. The molecular weight excluding hydrogens is 434 g/mol. The van der Waals surface area contributed by atoms with E-state index in [0.717, 1.165) is 12.7 Å². The van der Waals surface area contributed by atoms with Crippen LogP contribution in [0.25, 0.3) is 0 Å². The van der Waals surface area contributed by atoms with Gasteiger partial charge in [0.2, 0.25) is 5.91 Å². The normalized spacial score (nSPS) is 13.2. The highest BCUT2D eigenvalue weighted by molar-refractivity contribution is 5.90. The van der Waals surface area contributed by atoms with Gasteiger partial charge in [0.15, 0.2) is 0 Å². The average molecular weight is 459 g/mol. The molecule has 2 amide bonds. The van der Waals surface area contributed by atoms with Gasteiger partial charge < -0.3 is 25.2 Å². The number of nitrogens with zero attached hydrogens (tertiary/aromatic N) is 1. The van der Waals surface area contributed by atoms with Crippen molar-refractivity contribution in [2.75, 3.05) is 7.11 Å². The van der Waals surface area contributed by atoms with Gasteiger partial charge in [-0.1, -0.05) is 42.5 Å². The zero-order valence-electron chi connectivity index (χ0n) is 18.1. The molecule has 0 aliphatic rings. The lowest BCUT2D eigenvalue weighted by Gasteiger charge is -2.23. The summed E-state index contributed by atoms with van der Waals surface area (Å²) >= 11 is 0. The molecule has 11 heteroatoms. The van der Waals surface area contributed by atoms with Crippen LogP contribution in [0.15, 0.2) is 54.6 Å². The lowest BCUT2D eigenvalue weighted by Crippen LogP contribution is -2.56. The quantitative estimate of drug-likeness (QED) is 0.274. The van der Waals surface area contributed by atoms with Crippen LogP contribution in [0.5, 0.6) is 0 Å². The van der Waals surface area contributed by atoms with Crippen LogP contribution in [-0.2, 0) is 32.1 Å². The van der Waals surface area contributed by atoms with Gasteiger partial charge >= 0.3 is 12.1 Å². The van der Waals surface area contributed by atoms with E-state index in [9.17, 15) is 29.6 Å². The summed E-state index contributed by atoms with van der Waals surface area (Å²) in [5.74, 6) is -1.60. The number of alkyl carbamates (subject to hydrolysis) is 1. The van der Waals surface area contributed by atoms with Gasteiger partial charge in [-0.25, -0.2) is 9.59 Å². The minimum Gasteiger partial charge on any atom is -0.467 e. The molecule has 0 spiro atoms. The van der Waals surface area contributed by atoms with Crippen molar-refractivity contribution in [2.24, 2.45) is 0 Å². The number of nitro benzene ring substituents is 1. The van der Waals surface area contributed by atoms with Crippen molar-refractivity contribution in [3.8, 4) is 0 Å². The number of ether oxygens (including phenoxy) is 2. The fourth-order valence-electron chi connectivity index (χ4n) is 2.88. The van der Waals surface area contributed by atoms with E-state index in [2.05, 4.69) is 10.6 Å². The van der Waals surface area contributed by atoms with E-state index in [4.69, 9.17) is 9.47 Å².